The lowest BCUT2D eigenvalue weighted by Gasteiger charge is -2.07. The van der Waals surface area contributed by atoms with Crippen molar-refractivity contribution in [3.05, 3.63) is 45.8 Å². The molecule has 0 aliphatic rings. The molecular formula is C11H10N4O5. The molecule has 0 bridgehead atoms. The first-order valence-corrected chi connectivity index (χ1v) is 5.47. The highest BCUT2D eigenvalue weighted by Gasteiger charge is 2.24. The molecule has 9 nitrogen and oxygen atoms in total. The van der Waals surface area contributed by atoms with Crippen molar-refractivity contribution in [2.45, 2.75) is 6.61 Å². The van der Waals surface area contributed by atoms with Crippen LogP contribution in [-0.2, 0) is 13.7 Å². The first kappa shape index (κ1) is 13.5. The summed E-state index contributed by atoms with van der Waals surface area (Å²) in [5.74, 6) is -1.51. The van der Waals surface area contributed by atoms with Crippen LogP contribution in [0.4, 0.5) is 5.69 Å². The molecule has 0 radical (unpaired) electrons. The average Bonchev–Trinajstić information content (AvgIpc) is 2.81. The molecule has 1 N–H and O–H groups in total. The minimum atomic E-state index is -1.42. The average molecular weight is 278 g/mol. The van der Waals surface area contributed by atoms with Crippen molar-refractivity contribution in [1.82, 2.24) is 15.0 Å². The van der Waals surface area contributed by atoms with E-state index in [-0.39, 0.29) is 12.4 Å². The maximum atomic E-state index is 11.1. The van der Waals surface area contributed by atoms with E-state index in [4.69, 9.17) is 9.84 Å². The van der Waals surface area contributed by atoms with Crippen molar-refractivity contribution in [1.29, 1.82) is 0 Å². The summed E-state index contributed by atoms with van der Waals surface area (Å²) in [5.41, 5.74) is -0.522. The fourth-order valence-corrected chi connectivity index (χ4v) is 1.62. The smallest absolute Gasteiger partial charge is 0.346 e. The van der Waals surface area contributed by atoms with Gasteiger partial charge in [0.1, 0.15) is 18.1 Å². The molecule has 9 heteroatoms. The summed E-state index contributed by atoms with van der Waals surface area (Å²) in [6.45, 7) is -0.0325. The second kappa shape index (κ2) is 5.34. The molecule has 2 rings (SSSR count). The molecule has 1 aromatic heterocycles. The van der Waals surface area contributed by atoms with Crippen LogP contribution in [0, 0.1) is 10.1 Å². The number of hydrogen-bond donors (Lipinski definition) is 1. The number of nitro benzene ring substituents is 1. The maximum absolute atomic E-state index is 11.1. The molecular weight excluding hydrogens is 268 g/mol. The summed E-state index contributed by atoms with van der Waals surface area (Å²) >= 11 is 0. The van der Waals surface area contributed by atoms with Crippen molar-refractivity contribution in [2.75, 3.05) is 0 Å². The van der Waals surface area contributed by atoms with Crippen molar-refractivity contribution in [2.24, 2.45) is 7.05 Å². The molecule has 20 heavy (non-hydrogen) atoms. The summed E-state index contributed by atoms with van der Waals surface area (Å²) in [6.07, 6.45) is 1.60. The number of nitro groups is 1. The quantitative estimate of drug-likeness (QED) is 0.639. The second-order valence-electron chi connectivity index (χ2n) is 3.88. The van der Waals surface area contributed by atoms with Crippen molar-refractivity contribution in [3.8, 4) is 5.75 Å². The lowest BCUT2D eigenvalue weighted by Crippen LogP contribution is -2.07. The number of ether oxygens (including phenoxy) is 1. The van der Waals surface area contributed by atoms with Crippen LogP contribution in [0.15, 0.2) is 24.4 Å². The number of nitrogens with zero attached hydrogens (tertiary/aromatic N) is 4. The molecule has 0 fully saturated rings. The summed E-state index contributed by atoms with van der Waals surface area (Å²) < 4.78 is 6.75. The van der Waals surface area contributed by atoms with E-state index in [0.717, 1.165) is 6.07 Å². The van der Waals surface area contributed by atoms with Crippen LogP contribution in [0.3, 0.4) is 0 Å². The first-order chi connectivity index (χ1) is 9.49. The standard InChI is InChI=1S/C11H10N4O5/c1-14-5-7(12-13-14)6-20-9-4-2-3-8(15(18)19)10(9)11(16)17/h2-5H,6H2,1H3,(H,16,17). The number of benzene rings is 1. The summed E-state index contributed by atoms with van der Waals surface area (Å²) in [4.78, 5) is 21.2. The van der Waals surface area contributed by atoms with Crippen molar-refractivity contribution >= 4 is 11.7 Å². The SMILES string of the molecule is Cn1cc(COc2cccc([N+](=O)[O-])c2C(=O)O)nn1. The first-order valence-electron chi connectivity index (χ1n) is 5.47. The lowest BCUT2D eigenvalue weighted by atomic mass is 10.1. The van der Waals surface area contributed by atoms with Crippen LogP contribution in [0.25, 0.3) is 0 Å². The molecule has 104 valence electrons. The predicted octanol–water partition coefficient (Wildman–Crippen LogP) is 1.00. The number of aromatic carboxylic acids is 1. The van der Waals surface area contributed by atoms with E-state index < -0.39 is 22.1 Å². The fourth-order valence-electron chi connectivity index (χ4n) is 1.62. The molecule has 0 saturated carbocycles. The van der Waals surface area contributed by atoms with Gasteiger partial charge in [0.25, 0.3) is 5.69 Å². The number of carbonyl (C=O) groups is 1. The Balaban J connectivity index is 2.29. The van der Waals surface area contributed by atoms with E-state index in [2.05, 4.69) is 10.3 Å². The maximum Gasteiger partial charge on any atom is 0.346 e. The van der Waals surface area contributed by atoms with Gasteiger partial charge in [-0.3, -0.25) is 14.8 Å². The van der Waals surface area contributed by atoms with E-state index in [0.29, 0.717) is 5.69 Å². The number of rotatable bonds is 5. The Morgan fingerprint density at radius 3 is 2.85 bits per heavy atom. The van der Waals surface area contributed by atoms with E-state index in [1.807, 2.05) is 0 Å². The van der Waals surface area contributed by atoms with Crippen LogP contribution in [0.5, 0.6) is 5.75 Å². The Labute approximate surface area is 112 Å². The van der Waals surface area contributed by atoms with Gasteiger partial charge in [0.2, 0.25) is 0 Å². The van der Waals surface area contributed by atoms with Gasteiger partial charge in [0, 0.05) is 13.1 Å². The van der Waals surface area contributed by atoms with Gasteiger partial charge in [-0.15, -0.1) is 5.10 Å². The number of aromatic nitrogens is 3. The van der Waals surface area contributed by atoms with Gasteiger partial charge in [-0.2, -0.15) is 0 Å². The third-order valence-electron chi connectivity index (χ3n) is 2.44. The molecule has 1 heterocycles. The highest BCUT2D eigenvalue weighted by atomic mass is 16.6. The van der Waals surface area contributed by atoms with Crippen LogP contribution in [0.1, 0.15) is 16.1 Å². The highest BCUT2D eigenvalue weighted by Crippen LogP contribution is 2.28. The van der Waals surface area contributed by atoms with Gasteiger partial charge in [-0.05, 0) is 6.07 Å². The van der Waals surface area contributed by atoms with Gasteiger partial charge in [0.05, 0.1) is 11.1 Å². The normalized spacial score (nSPS) is 10.2. The minimum absolute atomic E-state index is 0.0325. The van der Waals surface area contributed by atoms with Crippen molar-refractivity contribution in [3.63, 3.8) is 0 Å². The summed E-state index contributed by atoms with van der Waals surface area (Å²) in [5, 5.41) is 27.4. The van der Waals surface area contributed by atoms with Gasteiger partial charge >= 0.3 is 5.97 Å². The Hall–Kier alpha value is -2.97. The zero-order chi connectivity index (χ0) is 14.7. The van der Waals surface area contributed by atoms with Gasteiger partial charge in [-0.1, -0.05) is 11.3 Å². The number of carboxylic acids is 1. The molecule has 0 aliphatic heterocycles. The molecule has 0 amide bonds. The Morgan fingerprint density at radius 2 is 2.30 bits per heavy atom. The number of aryl methyl sites for hydroxylation is 1. The number of hydrogen-bond acceptors (Lipinski definition) is 6. The molecule has 0 spiro atoms. The molecule has 1 aromatic carbocycles. The van der Waals surface area contributed by atoms with E-state index in [9.17, 15) is 14.9 Å². The predicted molar refractivity (Wildman–Crippen MR) is 65.4 cm³/mol. The van der Waals surface area contributed by atoms with Gasteiger partial charge < -0.3 is 9.84 Å². The highest BCUT2D eigenvalue weighted by molar-refractivity contribution is 5.95. The van der Waals surface area contributed by atoms with Crippen LogP contribution < -0.4 is 4.74 Å². The number of carboxylic acid groups (broad SMARTS) is 1. The Kier molecular flexibility index (Phi) is 3.60. The summed E-state index contributed by atoms with van der Waals surface area (Å²) in [7, 11) is 1.67. The molecule has 2 aromatic rings. The monoisotopic (exact) mass is 278 g/mol. The Bertz CT molecular complexity index is 667. The molecule has 0 atom stereocenters. The Morgan fingerprint density at radius 1 is 1.55 bits per heavy atom. The topological polar surface area (TPSA) is 120 Å². The third kappa shape index (κ3) is 2.71. The zero-order valence-electron chi connectivity index (χ0n) is 10.4. The minimum Gasteiger partial charge on any atom is -0.486 e. The van der Waals surface area contributed by atoms with E-state index in [1.54, 1.807) is 13.2 Å². The largest absolute Gasteiger partial charge is 0.486 e. The molecule has 0 aliphatic carbocycles. The van der Waals surface area contributed by atoms with Crippen LogP contribution >= 0.6 is 0 Å². The summed E-state index contributed by atoms with van der Waals surface area (Å²) in [6, 6.07) is 3.82. The second-order valence-corrected chi connectivity index (χ2v) is 3.88. The van der Waals surface area contributed by atoms with Crippen LogP contribution in [0.2, 0.25) is 0 Å². The van der Waals surface area contributed by atoms with E-state index >= 15 is 0 Å². The fraction of sp³-hybridized carbons (Fsp3) is 0.182. The zero-order valence-corrected chi connectivity index (χ0v) is 10.4. The van der Waals surface area contributed by atoms with Gasteiger partial charge in [-0.25, -0.2) is 4.79 Å². The van der Waals surface area contributed by atoms with E-state index in [1.165, 1.54) is 16.8 Å². The van der Waals surface area contributed by atoms with Gasteiger partial charge in [0.15, 0.2) is 5.56 Å². The lowest BCUT2D eigenvalue weighted by molar-refractivity contribution is -0.385. The van der Waals surface area contributed by atoms with Crippen LogP contribution in [-0.4, -0.2) is 31.0 Å². The molecule has 0 unspecified atom stereocenters. The molecule has 0 saturated heterocycles. The third-order valence-corrected chi connectivity index (χ3v) is 2.44. The van der Waals surface area contributed by atoms with Crippen molar-refractivity contribution < 1.29 is 19.6 Å².